The van der Waals surface area contributed by atoms with Crippen molar-refractivity contribution in [3.05, 3.63) is 85.1 Å². The molecule has 0 aromatic carbocycles. The van der Waals surface area contributed by atoms with Gasteiger partial charge in [0.1, 0.15) is 24.4 Å². The quantitative estimate of drug-likeness (QED) is 0.0261. The molecule has 0 radical (unpaired) electrons. The molecule has 0 bridgehead atoms. The summed E-state index contributed by atoms with van der Waals surface area (Å²) in [6, 6.07) is -0.817. The van der Waals surface area contributed by atoms with E-state index in [9.17, 15) is 30.3 Å². The van der Waals surface area contributed by atoms with Crippen molar-refractivity contribution in [2.24, 2.45) is 0 Å². The van der Waals surface area contributed by atoms with Gasteiger partial charge in [-0.15, -0.1) is 0 Å². The number of rotatable bonds is 57. The minimum atomic E-state index is -1.57. The molecule has 1 heterocycles. The van der Waals surface area contributed by atoms with Gasteiger partial charge in [0, 0.05) is 6.42 Å². The molecule has 1 rings (SSSR count). The Morgan fingerprint density at radius 1 is 0.443 bits per heavy atom. The maximum atomic E-state index is 13.1. The van der Waals surface area contributed by atoms with Crippen LogP contribution in [0.1, 0.15) is 296 Å². The number of aliphatic hydroxyl groups is 5. The molecular weight excluding hydrogens is 983 g/mol. The summed E-state index contributed by atoms with van der Waals surface area (Å²) in [6.45, 7) is 3.69. The van der Waals surface area contributed by atoms with Gasteiger partial charge in [0.05, 0.1) is 25.4 Å². The fourth-order valence-electron chi connectivity index (χ4n) is 10.3. The first-order valence-corrected chi connectivity index (χ1v) is 33.3. The normalized spacial score (nSPS) is 19.1. The Labute approximate surface area is 486 Å². The van der Waals surface area contributed by atoms with Gasteiger partial charge in [-0.05, 0) is 70.6 Å². The summed E-state index contributed by atoms with van der Waals surface area (Å²) in [5.41, 5.74) is 0. The van der Waals surface area contributed by atoms with Crippen LogP contribution in [0.4, 0.5) is 0 Å². The lowest BCUT2D eigenvalue weighted by molar-refractivity contribution is -0.302. The first-order chi connectivity index (χ1) is 38.8. The lowest BCUT2D eigenvalue weighted by Gasteiger charge is -2.40. The smallest absolute Gasteiger partial charge is 0.220 e. The number of carbonyl (C=O) groups is 1. The van der Waals surface area contributed by atoms with Gasteiger partial charge in [-0.25, -0.2) is 0 Å². The van der Waals surface area contributed by atoms with E-state index in [1.807, 2.05) is 6.08 Å². The number of hydrogen-bond acceptors (Lipinski definition) is 8. The van der Waals surface area contributed by atoms with Crippen LogP contribution in [0.25, 0.3) is 0 Å². The molecule has 0 saturated carbocycles. The Bertz CT molecular complexity index is 1520. The van der Waals surface area contributed by atoms with E-state index in [4.69, 9.17) is 9.47 Å². The summed E-state index contributed by atoms with van der Waals surface area (Å²) in [5, 5.41) is 54.7. The summed E-state index contributed by atoms with van der Waals surface area (Å²) >= 11 is 0. The topological polar surface area (TPSA) is 149 Å². The highest BCUT2D eigenvalue weighted by molar-refractivity contribution is 5.76. The Hall–Kier alpha value is -2.63. The Kier molecular flexibility index (Phi) is 55.1. The van der Waals surface area contributed by atoms with Crippen molar-refractivity contribution in [3.8, 4) is 0 Å². The molecule has 6 N–H and O–H groups in total. The molecule has 1 amide bonds. The molecule has 0 spiro atoms. The Morgan fingerprint density at radius 2 is 0.785 bits per heavy atom. The van der Waals surface area contributed by atoms with Gasteiger partial charge in [-0.2, -0.15) is 0 Å². The number of allylic oxidation sites excluding steroid dienone is 13. The van der Waals surface area contributed by atoms with Crippen LogP contribution in [0.5, 0.6) is 0 Å². The second kappa shape index (κ2) is 58.6. The number of carbonyl (C=O) groups excluding carboxylic acids is 1. The van der Waals surface area contributed by atoms with Gasteiger partial charge in [0.25, 0.3) is 0 Å². The summed E-state index contributed by atoms with van der Waals surface area (Å²) in [6.07, 6.45) is 76.7. The number of unbranched alkanes of at least 4 members (excludes halogenated alkanes) is 35. The zero-order valence-electron chi connectivity index (χ0n) is 51.1. The molecular formula is C70H125NO8. The highest BCUT2D eigenvalue weighted by Gasteiger charge is 2.44. The van der Waals surface area contributed by atoms with Crippen molar-refractivity contribution in [2.45, 2.75) is 339 Å². The zero-order valence-corrected chi connectivity index (χ0v) is 51.1. The third-order valence-corrected chi connectivity index (χ3v) is 15.5. The molecule has 1 saturated heterocycles. The molecule has 0 aromatic rings. The van der Waals surface area contributed by atoms with E-state index in [1.165, 1.54) is 186 Å². The van der Waals surface area contributed by atoms with Crippen molar-refractivity contribution in [2.75, 3.05) is 13.2 Å². The first kappa shape index (κ1) is 74.4. The van der Waals surface area contributed by atoms with Crippen LogP contribution < -0.4 is 5.32 Å². The fourth-order valence-corrected chi connectivity index (χ4v) is 10.3. The van der Waals surface area contributed by atoms with E-state index < -0.39 is 49.5 Å². The molecule has 1 aliphatic rings. The fraction of sp³-hybridized carbons (Fsp3) is 0.786. The largest absolute Gasteiger partial charge is 0.394 e. The first-order valence-electron chi connectivity index (χ1n) is 33.3. The summed E-state index contributed by atoms with van der Waals surface area (Å²) in [4.78, 5) is 13.1. The highest BCUT2D eigenvalue weighted by atomic mass is 16.7. The van der Waals surface area contributed by atoms with Gasteiger partial charge in [-0.1, -0.05) is 304 Å². The van der Waals surface area contributed by atoms with Gasteiger partial charge in [0.2, 0.25) is 5.91 Å². The molecule has 7 atom stereocenters. The van der Waals surface area contributed by atoms with Crippen LogP contribution in [-0.2, 0) is 14.3 Å². The second-order valence-corrected chi connectivity index (χ2v) is 22.9. The number of amides is 1. The minimum Gasteiger partial charge on any atom is -0.394 e. The van der Waals surface area contributed by atoms with Crippen molar-refractivity contribution in [1.82, 2.24) is 5.32 Å². The van der Waals surface area contributed by atoms with E-state index in [2.05, 4.69) is 92.1 Å². The summed E-state index contributed by atoms with van der Waals surface area (Å²) in [7, 11) is 0. The van der Waals surface area contributed by atoms with Crippen molar-refractivity contribution < 1.29 is 39.8 Å². The standard InChI is InChI=1S/C70H125NO8/c1-3-5-7-9-11-13-15-17-19-21-23-25-27-29-31-32-34-35-37-39-41-43-45-47-49-51-53-55-57-59-64(73)63(62-78-70-69(77)68(76)67(75)65(61-72)79-70)71-66(74)60-58-56-54-52-50-48-46-44-42-40-38-36-33-30-28-26-24-22-20-18-16-14-12-10-8-6-4-2/h6,8,12,14,18,20,24,26,30,33,38,40,57,59,63-65,67-70,72-73,75-77H,3-5,7,9-11,13,15-17,19,21-23,25,27-29,31-32,34-37,39,41-56,58,60-62H2,1-2H3,(H,71,74)/b8-6-,14-12-,20-18-,26-24-,33-30-,40-38-,59-57+. The van der Waals surface area contributed by atoms with E-state index in [0.717, 1.165) is 89.9 Å². The van der Waals surface area contributed by atoms with Crippen LogP contribution in [0.15, 0.2) is 85.1 Å². The molecule has 0 aromatic heterocycles. The van der Waals surface area contributed by atoms with Crippen LogP contribution in [0, 0.1) is 0 Å². The van der Waals surface area contributed by atoms with Gasteiger partial charge >= 0.3 is 0 Å². The van der Waals surface area contributed by atoms with Crippen LogP contribution >= 0.6 is 0 Å². The SMILES string of the molecule is CC/C=C\C/C=C\C/C=C\C/C=C\C/C=C\C/C=C\CCCCCCCCCCC(=O)NC(COC1OC(CO)C(O)C(O)C1O)C(O)/C=C/CCCCCCCCCCCCCCCCCCCCCCCCCCCCC. The average Bonchev–Trinajstić information content (AvgIpc) is 3.47. The van der Waals surface area contributed by atoms with E-state index in [1.54, 1.807) is 6.08 Å². The van der Waals surface area contributed by atoms with Crippen molar-refractivity contribution in [3.63, 3.8) is 0 Å². The van der Waals surface area contributed by atoms with Gasteiger partial charge < -0.3 is 40.3 Å². The predicted molar refractivity (Wildman–Crippen MR) is 336 cm³/mol. The third-order valence-electron chi connectivity index (χ3n) is 15.5. The molecule has 458 valence electrons. The number of aliphatic hydroxyl groups excluding tert-OH is 5. The lowest BCUT2D eigenvalue weighted by Crippen LogP contribution is -2.60. The monoisotopic (exact) mass is 1110 g/mol. The molecule has 0 aliphatic carbocycles. The second-order valence-electron chi connectivity index (χ2n) is 22.9. The predicted octanol–water partition coefficient (Wildman–Crippen LogP) is 17.7. The van der Waals surface area contributed by atoms with Crippen LogP contribution in [0.2, 0.25) is 0 Å². The minimum absolute atomic E-state index is 0.185. The maximum absolute atomic E-state index is 13.1. The average molecular weight is 1110 g/mol. The zero-order chi connectivity index (χ0) is 57.2. The third kappa shape index (κ3) is 47.6. The van der Waals surface area contributed by atoms with Crippen molar-refractivity contribution >= 4 is 5.91 Å². The van der Waals surface area contributed by atoms with Crippen LogP contribution in [-0.4, -0.2) is 87.5 Å². The maximum Gasteiger partial charge on any atom is 0.220 e. The Morgan fingerprint density at radius 3 is 1.16 bits per heavy atom. The molecule has 1 fully saturated rings. The molecule has 79 heavy (non-hydrogen) atoms. The summed E-state index contributed by atoms with van der Waals surface area (Å²) < 4.78 is 11.3. The summed E-state index contributed by atoms with van der Waals surface area (Å²) in [5.74, 6) is -0.185. The number of nitrogens with one attached hydrogen (secondary N) is 1. The molecule has 9 heteroatoms. The molecule has 7 unspecified atom stereocenters. The molecule has 1 aliphatic heterocycles. The highest BCUT2D eigenvalue weighted by Crippen LogP contribution is 2.23. The van der Waals surface area contributed by atoms with Gasteiger partial charge in [-0.3, -0.25) is 4.79 Å². The van der Waals surface area contributed by atoms with Crippen LogP contribution in [0.3, 0.4) is 0 Å². The lowest BCUT2D eigenvalue weighted by atomic mass is 9.99. The number of hydrogen-bond donors (Lipinski definition) is 6. The van der Waals surface area contributed by atoms with Gasteiger partial charge in [0.15, 0.2) is 6.29 Å². The van der Waals surface area contributed by atoms with E-state index >= 15 is 0 Å². The Balaban J connectivity index is 2.18. The molecule has 9 nitrogen and oxygen atoms in total. The van der Waals surface area contributed by atoms with E-state index in [-0.39, 0.29) is 12.5 Å². The van der Waals surface area contributed by atoms with E-state index in [0.29, 0.717) is 6.42 Å². The number of ether oxygens (including phenoxy) is 2. The van der Waals surface area contributed by atoms with Crippen molar-refractivity contribution in [1.29, 1.82) is 0 Å².